The molecule has 0 bridgehead atoms. The van der Waals surface area contributed by atoms with E-state index in [1.54, 1.807) is 68.8 Å². The third kappa shape index (κ3) is 4.99. The van der Waals surface area contributed by atoms with Crippen molar-refractivity contribution in [2.24, 2.45) is 4.99 Å². The van der Waals surface area contributed by atoms with Crippen molar-refractivity contribution in [3.05, 3.63) is 106 Å². The number of nitriles is 1. The van der Waals surface area contributed by atoms with Crippen molar-refractivity contribution in [3.8, 4) is 51.3 Å². The van der Waals surface area contributed by atoms with Crippen LogP contribution in [0.1, 0.15) is 11.3 Å². The number of benzene rings is 3. The van der Waals surface area contributed by atoms with Crippen LogP contribution in [-0.2, 0) is 0 Å². The van der Waals surface area contributed by atoms with Gasteiger partial charge in [-0.1, -0.05) is 24.3 Å². The highest BCUT2D eigenvalue weighted by atomic mass is 16.6. The molecule has 0 N–H and O–H groups in total. The topological polar surface area (TPSA) is 124 Å². The minimum absolute atomic E-state index is 0.0681. The number of hydrogen-bond donors (Lipinski definition) is 0. The molecule has 9 heteroatoms. The van der Waals surface area contributed by atoms with Crippen LogP contribution in [0.2, 0.25) is 0 Å². The number of aliphatic imine (C=N–C) groups is 1. The van der Waals surface area contributed by atoms with E-state index in [1.807, 2.05) is 24.3 Å². The van der Waals surface area contributed by atoms with Gasteiger partial charge in [-0.05, 0) is 60.2 Å². The lowest BCUT2D eigenvalue weighted by atomic mass is 9.98. The number of para-hydroxylation sites is 1. The second-order valence-corrected chi connectivity index (χ2v) is 8.29. The zero-order chi connectivity index (χ0) is 27.4. The quantitative estimate of drug-likeness (QED) is 0.119. The van der Waals surface area contributed by atoms with E-state index < -0.39 is 4.92 Å². The maximum atomic E-state index is 11.4. The molecular formula is C30H21N3O6. The van der Waals surface area contributed by atoms with Crippen LogP contribution in [-0.4, -0.2) is 25.4 Å². The molecule has 0 fully saturated rings. The number of hydrogen-bond acceptors (Lipinski definition) is 8. The average Bonchev–Trinajstić information content (AvgIpc) is 3.61. The van der Waals surface area contributed by atoms with Crippen LogP contribution in [0, 0.1) is 21.4 Å². The first-order chi connectivity index (χ1) is 19.0. The highest BCUT2D eigenvalue weighted by Crippen LogP contribution is 2.43. The number of nitro benzene ring substituents is 1. The van der Waals surface area contributed by atoms with Crippen molar-refractivity contribution in [2.75, 3.05) is 14.2 Å². The lowest BCUT2D eigenvalue weighted by molar-refractivity contribution is -0.384. The van der Waals surface area contributed by atoms with E-state index in [0.29, 0.717) is 39.9 Å². The second kappa shape index (κ2) is 10.8. The van der Waals surface area contributed by atoms with Crippen LogP contribution < -0.4 is 9.47 Å². The smallest absolute Gasteiger partial charge is 0.280 e. The molecule has 0 aliphatic heterocycles. The lowest BCUT2D eigenvalue weighted by Crippen LogP contribution is -1.90. The molecule has 9 nitrogen and oxygen atoms in total. The fourth-order valence-electron chi connectivity index (χ4n) is 4.12. The summed E-state index contributed by atoms with van der Waals surface area (Å²) in [5.41, 5.74) is 2.59. The van der Waals surface area contributed by atoms with Gasteiger partial charge in [0, 0.05) is 17.2 Å². The maximum Gasteiger partial charge on any atom is 0.280 e. The summed E-state index contributed by atoms with van der Waals surface area (Å²) in [4.78, 5) is 15.4. The number of rotatable bonds is 8. The van der Waals surface area contributed by atoms with Gasteiger partial charge in [0.2, 0.25) is 5.88 Å². The van der Waals surface area contributed by atoms with Gasteiger partial charge in [0.1, 0.15) is 40.4 Å². The zero-order valence-corrected chi connectivity index (χ0v) is 21.0. The van der Waals surface area contributed by atoms with Crippen molar-refractivity contribution in [1.82, 2.24) is 0 Å². The Kier molecular flexibility index (Phi) is 6.92. The Hall–Kier alpha value is -5.62. The Morgan fingerprint density at radius 3 is 2.13 bits per heavy atom. The summed E-state index contributed by atoms with van der Waals surface area (Å²) in [6, 6.07) is 26.4. The summed E-state index contributed by atoms with van der Waals surface area (Å²) < 4.78 is 22.5. The van der Waals surface area contributed by atoms with Crippen LogP contribution in [0.15, 0.2) is 98.8 Å². The normalized spacial score (nSPS) is 10.9. The largest absolute Gasteiger partial charge is 0.497 e. The molecule has 0 saturated carbocycles. The van der Waals surface area contributed by atoms with E-state index in [4.69, 9.17) is 18.3 Å². The standard InChI is InChI=1S/C30H21N3O6/c1-36-21-11-7-19(8-12-21)28-25(17-31)30(39-29(28)20-9-13-22(37-2)14-10-20)32-18-23-15-16-27(38-23)24-5-3-4-6-26(24)33(34)35/h3-16,18H,1-2H3. The first-order valence-corrected chi connectivity index (χ1v) is 11.8. The zero-order valence-electron chi connectivity index (χ0n) is 21.0. The molecule has 0 aliphatic carbocycles. The third-order valence-electron chi connectivity index (χ3n) is 6.03. The van der Waals surface area contributed by atoms with Gasteiger partial charge in [0.25, 0.3) is 5.69 Å². The van der Waals surface area contributed by atoms with Crippen LogP contribution in [0.5, 0.6) is 11.5 Å². The minimum atomic E-state index is -0.463. The SMILES string of the molecule is COc1ccc(-c2oc(N=Cc3ccc(-c4ccccc4[N+](=O)[O-])o3)c(C#N)c2-c2ccc(OC)cc2)cc1. The van der Waals surface area contributed by atoms with Crippen LogP contribution in [0.4, 0.5) is 11.6 Å². The summed E-state index contributed by atoms with van der Waals surface area (Å²) in [5, 5.41) is 21.5. The highest BCUT2D eigenvalue weighted by molar-refractivity contribution is 5.89. The summed E-state index contributed by atoms with van der Waals surface area (Å²) in [5.74, 6) is 2.57. The minimum Gasteiger partial charge on any atom is -0.497 e. The Bertz CT molecular complexity index is 1710. The molecule has 0 radical (unpaired) electrons. The molecule has 0 amide bonds. The molecule has 0 aliphatic rings. The number of furan rings is 2. The van der Waals surface area contributed by atoms with Gasteiger partial charge in [0.15, 0.2) is 0 Å². The maximum absolute atomic E-state index is 11.4. The van der Waals surface area contributed by atoms with Gasteiger partial charge >= 0.3 is 0 Å². The number of methoxy groups -OCH3 is 2. The third-order valence-corrected chi connectivity index (χ3v) is 6.03. The molecule has 0 unspecified atom stereocenters. The molecule has 2 aromatic heterocycles. The Balaban J connectivity index is 1.57. The van der Waals surface area contributed by atoms with Crippen LogP contribution >= 0.6 is 0 Å². The summed E-state index contributed by atoms with van der Waals surface area (Å²) in [6.07, 6.45) is 1.41. The summed E-state index contributed by atoms with van der Waals surface area (Å²) in [7, 11) is 3.17. The predicted octanol–water partition coefficient (Wildman–Crippen LogP) is 7.42. The number of nitrogens with zero attached hydrogens (tertiary/aromatic N) is 3. The first kappa shape index (κ1) is 25.0. The fourth-order valence-corrected chi connectivity index (χ4v) is 4.12. The van der Waals surface area contributed by atoms with Crippen LogP contribution in [0.25, 0.3) is 33.8 Å². The highest BCUT2D eigenvalue weighted by Gasteiger charge is 2.23. The van der Waals surface area contributed by atoms with Gasteiger partial charge in [-0.15, -0.1) is 0 Å². The van der Waals surface area contributed by atoms with Crippen molar-refractivity contribution < 1.29 is 23.2 Å². The van der Waals surface area contributed by atoms with Gasteiger partial charge in [-0.25, -0.2) is 4.99 Å². The summed E-state index contributed by atoms with van der Waals surface area (Å²) in [6.45, 7) is 0. The van der Waals surface area contributed by atoms with E-state index in [1.165, 1.54) is 12.3 Å². The monoisotopic (exact) mass is 519 g/mol. The van der Waals surface area contributed by atoms with Crippen molar-refractivity contribution >= 4 is 17.8 Å². The molecule has 3 aromatic carbocycles. The molecule has 192 valence electrons. The van der Waals surface area contributed by atoms with Crippen molar-refractivity contribution in [1.29, 1.82) is 5.26 Å². The Morgan fingerprint density at radius 1 is 0.872 bits per heavy atom. The molecule has 39 heavy (non-hydrogen) atoms. The van der Waals surface area contributed by atoms with Gasteiger partial charge in [-0.3, -0.25) is 10.1 Å². The number of ether oxygens (including phenoxy) is 2. The molecule has 0 atom stereocenters. The predicted molar refractivity (Wildman–Crippen MR) is 145 cm³/mol. The molecule has 5 aromatic rings. The molecule has 5 rings (SSSR count). The van der Waals surface area contributed by atoms with E-state index in [9.17, 15) is 15.4 Å². The second-order valence-electron chi connectivity index (χ2n) is 8.29. The van der Waals surface area contributed by atoms with E-state index in [-0.39, 0.29) is 17.1 Å². The molecular weight excluding hydrogens is 498 g/mol. The fraction of sp³-hybridized carbons (Fsp3) is 0.0667. The average molecular weight is 520 g/mol. The molecule has 2 heterocycles. The van der Waals surface area contributed by atoms with E-state index in [2.05, 4.69) is 11.1 Å². The summed E-state index contributed by atoms with van der Waals surface area (Å²) >= 11 is 0. The van der Waals surface area contributed by atoms with E-state index in [0.717, 1.165) is 11.1 Å². The van der Waals surface area contributed by atoms with E-state index >= 15 is 0 Å². The number of nitro groups is 1. The molecule has 0 saturated heterocycles. The Morgan fingerprint density at radius 2 is 1.51 bits per heavy atom. The Labute approximate surface area is 223 Å². The van der Waals surface area contributed by atoms with Gasteiger partial charge < -0.3 is 18.3 Å². The first-order valence-electron chi connectivity index (χ1n) is 11.8. The van der Waals surface area contributed by atoms with Gasteiger partial charge in [-0.2, -0.15) is 5.26 Å². The van der Waals surface area contributed by atoms with Crippen molar-refractivity contribution in [2.45, 2.75) is 0 Å². The van der Waals surface area contributed by atoms with Crippen molar-refractivity contribution in [3.63, 3.8) is 0 Å². The van der Waals surface area contributed by atoms with Crippen LogP contribution in [0.3, 0.4) is 0 Å². The van der Waals surface area contributed by atoms with Gasteiger partial charge in [0.05, 0.1) is 30.9 Å². The lowest BCUT2D eigenvalue weighted by Gasteiger charge is -2.06. The molecule has 0 spiro atoms.